The van der Waals surface area contributed by atoms with Gasteiger partial charge < -0.3 is 14.8 Å². The van der Waals surface area contributed by atoms with E-state index in [4.69, 9.17) is 9.47 Å². The van der Waals surface area contributed by atoms with Crippen LogP contribution in [0.2, 0.25) is 0 Å². The molecule has 1 aliphatic heterocycles. The van der Waals surface area contributed by atoms with Crippen LogP contribution in [0.1, 0.15) is 5.56 Å². The first-order chi connectivity index (χ1) is 6.40. The molecule has 2 rings (SSSR count). The molecule has 0 fully saturated rings. The molecule has 4 heteroatoms. The predicted molar refractivity (Wildman–Crippen MR) is 48.5 cm³/mol. The fourth-order valence-electron chi connectivity index (χ4n) is 1.14. The van der Waals surface area contributed by atoms with Crippen LogP contribution in [-0.4, -0.2) is 13.8 Å². The molecule has 1 aromatic rings. The van der Waals surface area contributed by atoms with E-state index in [1.54, 1.807) is 6.20 Å². The van der Waals surface area contributed by atoms with Crippen molar-refractivity contribution in [1.82, 2.24) is 5.32 Å². The molecule has 3 nitrogen and oxygen atoms in total. The topological polar surface area (TPSA) is 30.5 Å². The summed E-state index contributed by atoms with van der Waals surface area (Å²) in [4.78, 5) is 0. The van der Waals surface area contributed by atoms with Crippen molar-refractivity contribution < 1.29 is 29.0 Å². The van der Waals surface area contributed by atoms with Gasteiger partial charge in [0.1, 0.15) is 11.5 Å². The number of fused-ring (bicyclic) bond motifs is 1. The van der Waals surface area contributed by atoms with Crippen molar-refractivity contribution in [2.75, 3.05) is 13.8 Å². The van der Waals surface area contributed by atoms with Crippen LogP contribution in [0.5, 0.6) is 11.5 Å². The summed E-state index contributed by atoms with van der Waals surface area (Å²) in [5, 5.41) is 2.88. The molecule has 1 aliphatic rings. The second-order valence-electron chi connectivity index (χ2n) is 2.65. The fourth-order valence-corrected chi connectivity index (χ4v) is 1.14. The second-order valence-corrected chi connectivity index (χ2v) is 2.65. The van der Waals surface area contributed by atoms with Gasteiger partial charge in [-0.25, -0.2) is 0 Å². The van der Waals surface area contributed by atoms with Gasteiger partial charge in [0.05, 0.1) is 0 Å². The molecular weight excluding hydrogens is 232 g/mol. The van der Waals surface area contributed by atoms with Gasteiger partial charge in [0.25, 0.3) is 0 Å². The van der Waals surface area contributed by atoms with E-state index in [0.29, 0.717) is 6.79 Å². The van der Waals surface area contributed by atoms with Gasteiger partial charge >= 0.3 is 0 Å². The molecule has 0 aromatic heterocycles. The van der Waals surface area contributed by atoms with Crippen LogP contribution in [0.25, 0.3) is 0 Å². The molecule has 0 bridgehead atoms. The van der Waals surface area contributed by atoms with Crippen LogP contribution in [-0.2, 0) is 19.5 Å². The molecular formula is C10H10NO2Zn-. The Morgan fingerprint density at radius 2 is 2.14 bits per heavy atom. The van der Waals surface area contributed by atoms with Crippen molar-refractivity contribution in [2.24, 2.45) is 0 Å². The van der Waals surface area contributed by atoms with Gasteiger partial charge in [-0.3, -0.25) is 0 Å². The maximum Gasteiger partial charge on any atom is 0.229 e. The molecule has 0 aliphatic carbocycles. The zero-order valence-electron chi connectivity index (χ0n) is 8.04. The predicted octanol–water partition coefficient (Wildman–Crippen LogP) is 1.30. The number of nitrogens with one attached hydrogen (secondary N) is 1. The zero-order chi connectivity index (χ0) is 9.10. The Labute approximate surface area is 95.9 Å². The Kier molecular flexibility index (Phi) is 3.96. The van der Waals surface area contributed by atoms with E-state index in [1.165, 1.54) is 0 Å². The van der Waals surface area contributed by atoms with Crippen molar-refractivity contribution in [3.63, 3.8) is 0 Å². The fraction of sp³-hybridized carbons (Fsp3) is 0.200. The molecule has 1 N–H and O–H groups in total. The van der Waals surface area contributed by atoms with Crippen LogP contribution in [0.4, 0.5) is 0 Å². The van der Waals surface area contributed by atoms with Crippen LogP contribution in [0.15, 0.2) is 24.4 Å². The Balaban J connectivity index is 0.000000980. The van der Waals surface area contributed by atoms with Gasteiger partial charge in [-0.1, -0.05) is 12.3 Å². The van der Waals surface area contributed by atoms with Crippen molar-refractivity contribution in [2.45, 2.75) is 0 Å². The van der Waals surface area contributed by atoms with Crippen molar-refractivity contribution in [3.8, 4) is 11.5 Å². The molecule has 0 atom stereocenters. The minimum atomic E-state index is 0. The average Bonchev–Trinajstić information content (AvgIpc) is 2.61. The molecule has 70 valence electrons. The molecule has 0 spiro atoms. The normalized spacial score (nSPS) is 12.6. The minimum absolute atomic E-state index is 0. The van der Waals surface area contributed by atoms with Gasteiger partial charge in [0.15, 0.2) is 0 Å². The maximum absolute atomic E-state index is 5.22. The molecule has 14 heavy (non-hydrogen) atoms. The summed E-state index contributed by atoms with van der Waals surface area (Å²) in [5.41, 5.74) is 0.971. The molecule has 0 radical (unpaired) electrons. The summed E-state index contributed by atoms with van der Waals surface area (Å²) in [7, 11) is 1.83. The first-order valence-electron chi connectivity index (χ1n) is 4.05. The molecule has 1 heterocycles. The third-order valence-corrected chi connectivity index (χ3v) is 1.76. The molecule has 0 saturated carbocycles. The standard InChI is InChI=1S/C10H10NO2.Zn/c1-11-5-4-8-2-3-9-10(6-8)13-7-12-9;/h2-3,5-6,11H,7H2,1H3;/q-1;. The summed E-state index contributed by atoms with van der Waals surface area (Å²) in [6.45, 7) is 0.314. The summed E-state index contributed by atoms with van der Waals surface area (Å²) in [5.74, 6) is 1.59. The van der Waals surface area contributed by atoms with Crippen LogP contribution in [0, 0.1) is 6.08 Å². The zero-order valence-corrected chi connectivity index (χ0v) is 11.0. The SMILES string of the molecule is CNC=[C-]c1ccc2c(c1)OCO2.[Zn]. The van der Waals surface area contributed by atoms with E-state index >= 15 is 0 Å². The summed E-state index contributed by atoms with van der Waals surface area (Å²) >= 11 is 0. The van der Waals surface area contributed by atoms with Gasteiger partial charge in [-0.05, 0) is 0 Å². The van der Waals surface area contributed by atoms with Crippen molar-refractivity contribution >= 4 is 0 Å². The Bertz CT molecular complexity index is 339. The van der Waals surface area contributed by atoms with Crippen LogP contribution >= 0.6 is 0 Å². The smallest absolute Gasteiger partial charge is 0.229 e. The summed E-state index contributed by atoms with van der Waals surface area (Å²) < 4.78 is 10.4. The number of rotatable bonds is 2. The van der Waals surface area contributed by atoms with Crippen LogP contribution < -0.4 is 14.8 Å². The van der Waals surface area contributed by atoms with E-state index in [9.17, 15) is 0 Å². The first-order valence-corrected chi connectivity index (χ1v) is 4.05. The van der Waals surface area contributed by atoms with Crippen molar-refractivity contribution in [3.05, 3.63) is 36.0 Å². The van der Waals surface area contributed by atoms with E-state index in [-0.39, 0.29) is 19.5 Å². The van der Waals surface area contributed by atoms with Crippen molar-refractivity contribution in [1.29, 1.82) is 0 Å². The van der Waals surface area contributed by atoms with Crippen LogP contribution in [0.3, 0.4) is 0 Å². The largest absolute Gasteiger partial charge is 0.467 e. The van der Waals surface area contributed by atoms with Gasteiger partial charge in [-0.15, -0.1) is 6.07 Å². The molecule has 0 amide bonds. The van der Waals surface area contributed by atoms with Gasteiger partial charge in [0, 0.05) is 26.5 Å². The number of benzene rings is 1. The first kappa shape index (κ1) is 11.1. The van der Waals surface area contributed by atoms with E-state index in [1.807, 2.05) is 25.2 Å². The average molecular weight is 242 g/mol. The summed E-state index contributed by atoms with van der Waals surface area (Å²) in [6.07, 6.45) is 4.80. The third kappa shape index (κ3) is 2.27. The number of hydrogen-bond donors (Lipinski definition) is 1. The number of hydrogen-bond acceptors (Lipinski definition) is 3. The van der Waals surface area contributed by atoms with E-state index in [0.717, 1.165) is 17.1 Å². The molecule has 0 unspecified atom stereocenters. The Morgan fingerprint density at radius 3 is 2.93 bits per heavy atom. The number of ether oxygens (including phenoxy) is 2. The van der Waals surface area contributed by atoms with Gasteiger partial charge in [-0.2, -0.15) is 17.7 Å². The van der Waals surface area contributed by atoms with E-state index in [2.05, 4.69) is 11.4 Å². The monoisotopic (exact) mass is 240 g/mol. The quantitative estimate of drug-likeness (QED) is 0.625. The minimum Gasteiger partial charge on any atom is -0.467 e. The second kappa shape index (κ2) is 5.01. The van der Waals surface area contributed by atoms with Gasteiger partial charge in [0.2, 0.25) is 6.79 Å². The molecule has 1 aromatic carbocycles. The Hall–Kier alpha value is -1.02. The summed E-state index contributed by atoms with van der Waals surface area (Å²) in [6, 6.07) is 5.71. The maximum atomic E-state index is 5.22. The van der Waals surface area contributed by atoms with E-state index < -0.39 is 0 Å². The Morgan fingerprint density at radius 1 is 1.36 bits per heavy atom. The third-order valence-electron chi connectivity index (χ3n) is 1.76. The molecule has 0 saturated heterocycles.